The van der Waals surface area contributed by atoms with Crippen LogP contribution in [0.25, 0.3) is 0 Å². The summed E-state index contributed by atoms with van der Waals surface area (Å²) in [4.78, 5) is 0. The number of hydrogen-bond donors (Lipinski definition) is 3. The highest BCUT2D eigenvalue weighted by Gasteiger charge is 2.44. The van der Waals surface area contributed by atoms with E-state index < -0.39 is 0 Å². The molecule has 0 radical (unpaired) electrons. The van der Waals surface area contributed by atoms with Crippen molar-refractivity contribution in [3.63, 3.8) is 0 Å². The van der Waals surface area contributed by atoms with Gasteiger partial charge in [-0.1, -0.05) is 36.4 Å². The van der Waals surface area contributed by atoms with Crippen molar-refractivity contribution in [3.8, 4) is 11.5 Å². The zero-order valence-electron chi connectivity index (χ0n) is 15.8. The Balaban J connectivity index is 1.54. The van der Waals surface area contributed by atoms with Crippen molar-refractivity contribution >= 4 is 11.5 Å². The third-order valence-corrected chi connectivity index (χ3v) is 6.47. The van der Waals surface area contributed by atoms with E-state index >= 15 is 0 Å². The highest BCUT2D eigenvalue weighted by atomic mass is 16.7. The van der Waals surface area contributed by atoms with E-state index in [9.17, 15) is 0 Å². The molecule has 0 bridgehead atoms. The third kappa shape index (κ3) is 2.37. The molecule has 3 atom stereocenters. The minimum atomic E-state index is 0.101. The smallest absolute Gasteiger partial charge is 0.231 e. The fraction of sp³-hybridized carbons (Fsp3) is 0.208. The van der Waals surface area contributed by atoms with Crippen molar-refractivity contribution in [1.29, 1.82) is 5.41 Å². The van der Waals surface area contributed by atoms with Crippen LogP contribution in [0.1, 0.15) is 39.8 Å². The van der Waals surface area contributed by atoms with Gasteiger partial charge in [-0.05, 0) is 53.3 Å². The molecule has 2 heterocycles. The van der Waals surface area contributed by atoms with E-state index in [2.05, 4.69) is 47.8 Å². The standard InChI is InChI=1S/C24H21N3O2/c25-24(26)14-8-9-19-17(11-14)21-15-5-2-1-4-13(15)10-18(21)22(27-19)16-6-3-7-20-23(16)29-12-28-20/h1-9,11,18,21-22,27H,10,12H2,(H3,25,26). The lowest BCUT2D eigenvalue weighted by Crippen LogP contribution is -2.31. The summed E-state index contributed by atoms with van der Waals surface area (Å²) < 4.78 is 11.5. The van der Waals surface area contributed by atoms with Crippen molar-refractivity contribution in [2.24, 2.45) is 11.7 Å². The summed E-state index contributed by atoms with van der Waals surface area (Å²) in [6, 6.07) is 21.0. The number of nitrogen functional groups attached to an aromatic ring is 1. The SMILES string of the molecule is N=C(N)c1ccc2c(c1)C1c3ccccc3CC1C(c1cccc3c1OCO3)N2. The summed E-state index contributed by atoms with van der Waals surface area (Å²) in [6.45, 7) is 0.270. The number of benzene rings is 3. The molecule has 0 saturated heterocycles. The molecule has 29 heavy (non-hydrogen) atoms. The van der Waals surface area contributed by atoms with Gasteiger partial charge < -0.3 is 20.5 Å². The normalized spacial score (nSPS) is 23.0. The van der Waals surface area contributed by atoms with Crippen LogP contribution in [0.15, 0.2) is 60.7 Å². The van der Waals surface area contributed by atoms with Crippen molar-refractivity contribution in [2.45, 2.75) is 18.4 Å². The van der Waals surface area contributed by atoms with Gasteiger partial charge in [0.1, 0.15) is 5.84 Å². The first kappa shape index (κ1) is 16.5. The van der Waals surface area contributed by atoms with Crippen molar-refractivity contribution in [1.82, 2.24) is 0 Å². The number of rotatable bonds is 2. The number of hydrogen-bond acceptors (Lipinski definition) is 4. The van der Waals surface area contributed by atoms with Crippen LogP contribution in [0.4, 0.5) is 5.69 Å². The number of nitrogens with two attached hydrogens (primary N) is 1. The van der Waals surface area contributed by atoms with E-state index in [1.54, 1.807) is 0 Å². The van der Waals surface area contributed by atoms with Crippen LogP contribution in [0.2, 0.25) is 0 Å². The van der Waals surface area contributed by atoms with E-state index in [1.165, 1.54) is 16.7 Å². The number of ether oxygens (including phenoxy) is 2. The summed E-state index contributed by atoms with van der Waals surface area (Å²) in [7, 11) is 0. The van der Waals surface area contributed by atoms with E-state index in [0.29, 0.717) is 5.92 Å². The van der Waals surface area contributed by atoms with Gasteiger partial charge in [-0.2, -0.15) is 0 Å². The van der Waals surface area contributed by atoms with Crippen LogP contribution in [0.5, 0.6) is 11.5 Å². The molecule has 3 aliphatic rings. The van der Waals surface area contributed by atoms with Gasteiger partial charge in [0.15, 0.2) is 11.5 Å². The first-order chi connectivity index (χ1) is 14.2. The maximum atomic E-state index is 7.87. The topological polar surface area (TPSA) is 80.4 Å². The molecule has 1 aliphatic carbocycles. The molecule has 0 amide bonds. The number of amidine groups is 1. The van der Waals surface area contributed by atoms with Gasteiger partial charge >= 0.3 is 0 Å². The van der Waals surface area contributed by atoms with Gasteiger partial charge in [0, 0.05) is 22.7 Å². The average Bonchev–Trinajstić information content (AvgIpc) is 3.37. The molecule has 0 spiro atoms. The fourth-order valence-corrected chi connectivity index (χ4v) is 5.23. The Morgan fingerprint density at radius 1 is 0.966 bits per heavy atom. The summed E-state index contributed by atoms with van der Waals surface area (Å²) in [5.74, 6) is 2.37. The van der Waals surface area contributed by atoms with Gasteiger partial charge in [0.2, 0.25) is 6.79 Å². The Bertz CT molecular complexity index is 1160. The molecule has 2 aliphatic heterocycles. The third-order valence-electron chi connectivity index (χ3n) is 6.47. The molecule has 0 aromatic heterocycles. The fourth-order valence-electron chi connectivity index (χ4n) is 5.23. The zero-order valence-corrected chi connectivity index (χ0v) is 15.8. The lowest BCUT2D eigenvalue weighted by Gasteiger charge is -2.38. The summed E-state index contributed by atoms with van der Waals surface area (Å²) >= 11 is 0. The largest absolute Gasteiger partial charge is 0.454 e. The van der Waals surface area contributed by atoms with Crippen LogP contribution in [0, 0.1) is 11.3 Å². The number of fused-ring (bicyclic) bond motifs is 6. The van der Waals surface area contributed by atoms with Crippen LogP contribution in [0.3, 0.4) is 0 Å². The van der Waals surface area contributed by atoms with Crippen molar-refractivity contribution < 1.29 is 9.47 Å². The maximum absolute atomic E-state index is 7.87. The Labute approximate surface area is 169 Å². The lowest BCUT2D eigenvalue weighted by atomic mass is 9.75. The lowest BCUT2D eigenvalue weighted by molar-refractivity contribution is 0.172. The van der Waals surface area contributed by atoms with Crippen LogP contribution < -0.4 is 20.5 Å². The van der Waals surface area contributed by atoms with E-state index in [4.69, 9.17) is 20.6 Å². The first-order valence-electron chi connectivity index (χ1n) is 9.92. The molecular weight excluding hydrogens is 362 g/mol. The van der Waals surface area contributed by atoms with Crippen LogP contribution in [-0.4, -0.2) is 12.6 Å². The average molecular weight is 383 g/mol. The monoisotopic (exact) mass is 383 g/mol. The molecule has 3 aromatic rings. The first-order valence-corrected chi connectivity index (χ1v) is 9.92. The maximum Gasteiger partial charge on any atom is 0.231 e. The molecular formula is C24H21N3O2. The Kier molecular flexibility index (Phi) is 3.42. The quantitative estimate of drug-likeness (QED) is 0.458. The zero-order chi connectivity index (χ0) is 19.5. The van der Waals surface area contributed by atoms with Gasteiger partial charge in [0.25, 0.3) is 0 Å². The summed E-state index contributed by atoms with van der Waals surface area (Å²) in [5, 5.41) is 11.6. The molecule has 144 valence electrons. The molecule has 6 rings (SSSR count). The Morgan fingerprint density at radius 2 is 1.83 bits per heavy atom. The minimum Gasteiger partial charge on any atom is -0.454 e. The summed E-state index contributed by atoms with van der Waals surface area (Å²) in [5.41, 5.74) is 12.8. The van der Waals surface area contributed by atoms with E-state index in [0.717, 1.165) is 34.7 Å². The number of nitrogens with one attached hydrogen (secondary N) is 2. The van der Waals surface area contributed by atoms with Crippen molar-refractivity contribution in [3.05, 3.63) is 88.5 Å². The predicted octanol–water partition coefficient (Wildman–Crippen LogP) is 4.17. The Hall–Kier alpha value is -3.47. The predicted molar refractivity (Wildman–Crippen MR) is 112 cm³/mol. The minimum absolute atomic E-state index is 0.101. The highest BCUT2D eigenvalue weighted by Crippen LogP contribution is 2.55. The van der Waals surface area contributed by atoms with Crippen LogP contribution >= 0.6 is 0 Å². The van der Waals surface area contributed by atoms with Gasteiger partial charge in [-0.25, -0.2) is 0 Å². The second kappa shape index (κ2) is 6.01. The molecule has 3 aromatic carbocycles. The number of anilines is 1. The molecule has 5 nitrogen and oxygen atoms in total. The van der Waals surface area contributed by atoms with Gasteiger partial charge in [-0.3, -0.25) is 5.41 Å². The van der Waals surface area contributed by atoms with Crippen LogP contribution in [-0.2, 0) is 6.42 Å². The van der Waals surface area contributed by atoms with E-state index in [-0.39, 0.29) is 24.6 Å². The molecule has 0 fully saturated rings. The second-order valence-corrected chi connectivity index (χ2v) is 7.96. The van der Waals surface area contributed by atoms with E-state index in [1.807, 2.05) is 18.2 Å². The molecule has 0 saturated carbocycles. The molecule has 4 N–H and O–H groups in total. The number of para-hydroxylation sites is 1. The van der Waals surface area contributed by atoms with Gasteiger partial charge in [0.05, 0.1) is 6.04 Å². The molecule has 5 heteroatoms. The Morgan fingerprint density at radius 3 is 2.72 bits per heavy atom. The highest BCUT2D eigenvalue weighted by molar-refractivity contribution is 5.95. The van der Waals surface area contributed by atoms with Gasteiger partial charge in [-0.15, -0.1) is 0 Å². The van der Waals surface area contributed by atoms with Crippen molar-refractivity contribution in [2.75, 3.05) is 12.1 Å². The second-order valence-electron chi connectivity index (χ2n) is 7.96. The molecule has 3 unspecified atom stereocenters. The summed E-state index contributed by atoms with van der Waals surface area (Å²) in [6.07, 6.45) is 0.993.